The van der Waals surface area contributed by atoms with E-state index in [1.54, 1.807) is 6.92 Å². The molecule has 0 aromatic rings. The second kappa shape index (κ2) is 28.7. The summed E-state index contributed by atoms with van der Waals surface area (Å²) in [6.07, 6.45) is 39.2. The monoisotopic (exact) mass is 764 g/mol. The highest BCUT2D eigenvalue weighted by molar-refractivity contribution is 6.12. The van der Waals surface area contributed by atoms with Crippen molar-refractivity contribution in [2.24, 2.45) is 16.8 Å². The second-order valence-corrected chi connectivity index (χ2v) is 15.2. The van der Waals surface area contributed by atoms with Gasteiger partial charge in [-0.1, -0.05) is 154 Å². The molecular formula is C46H73N3O6. The van der Waals surface area contributed by atoms with E-state index >= 15 is 0 Å². The molecule has 2 unspecified atom stereocenters. The number of carbonyl (C=O) groups is 3. The summed E-state index contributed by atoms with van der Waals surface area (Å²) in [6.45, 7) is 8.64. The number of carbonyl (C=O) groups excluding carboxylic acids is 3. The molecule has 3 aliphatic rings. The molecule has 2 atom stereocenters. The Morgan fingerprint density at radius 3 is 1.49 bits per heavy atom. The smallest absolute Gasteiger partial charge is 0.336 e. The lowest BCUT2D eigenvalue weighted by Crippen LogP contribution is -2.47. The fourth-order valence-electron chi connectivity index (χ4n) is 7.43. The van der Waals surface area contributed by atoms with Crippen molar-refractivity contribution in [3.05, 3.63) is 60.1 Å². The summed E-state index contributed by atoms with van der Waals surface area (Å²) in [4.78, 5) is 51.5. The number of nitrogens with zero attached hydrogens (tertiary/aromatic N) is 3. The summed E-state index contributed by atoms with van der Waals surface area (Å²) in [5, 5.41) is 0. The maximum atomic E-state index is 14.2. The van der Waals surface area contributed by atoms with E-state index in [0.29, 0.717) is 31.0 Å². The van der Waals surface area contributed by atoms with Gasteiger partial charge in [-0.25, -0.2) is 4.79 Å². The van der Waals surface area contributed by atoms with Gasteiger partial charge in [0.2, 0.25) is 0 Å². The summed E-state index contributed by atoms with van der Waals surface area (Å²) >= 11 is 0. The lowest BCUT2D eigenvalue weighted by atomic mass is 9.78. The lowest BCUT2D eigenvalue weighted by Gasteiger charge is -2.34. The third-order valence-electron chi connectivity index (χ3n) is 10.6. The predicted octanol–water partition coefficient (Wildman–Crippen LogP) is 10.2. The van der Waals surface area contributed by atoms with Crippen molar-refractivity contribution >= 4 is 23.6 Å². The van der Waals surface area contributed by atoms with Gasteiger partial charge < -0.3 is 24.0 Å². The van der Waals surface area contributed by atoms with Crippen molar-refractivity contribution in [2.75, 3.05) is 46.0 Å². The lowest BCUT2D eigenvalue weighted by molar-refractivity contribution is -0.158. The molecule has 0 aliphatic carbocycles. The highest BCUT2D eigenvalue weighted by Gasteiger charge is 2.48. The number of unbranched alkanes of at least 4 members (excludes halogenated alkanes) is 18. The maximum Gasteiger partial charge on any atom is 0.336 e. The molecule has 0 aromatic carbocycles. The fourth-order valence-corrected chi connectivity index (χ4v) is 7.43. The zero-order chi connectivity index (χ0) is 39.4. The van der Waals surface area contributed by atoms with Crippen LogP contribution in [-0.4, -0.2) is 79.4 Å². The van der Waals surface area contributed by atoms with Crippen molar-refractivity contribution in [3.63, 3.8) is 0 Å². The molecule has 9 nitrogen and oxygen atoms in total. The van der Waals surface area contributed by atoms with E-state index in [-0.39, 0.29) is 31.9 Å². The largest absolute Gasteiger partial charge is 0.465 e. The van der Waals surface area contributed by atoms with Gasteiger partial charge in [0.1, 0.15) is 11.8 Å². The Morgan fingerprint density at radius 2 is 1.02 bits per heavy atom. The van der Waals surface area contributed by atoms with E-state index in [0.717, 1.165) is 38.5 Å². The summed E-state index contributed by atoms with van der Waals surface area (Å²) in [5.41, 5.74) is 1.02. The first-order chi connectivity index (χ1) is 27.0. The van der Waals surface area contributed by atoms with E-state index in [4.69, 9.17) is 19.2 Å². The average Bonchev–Trinajstić information content (AvgIpc) is 3.19. The molecule has 0 fully saturated rings. The standard InChI is InChI=1S/C46H73N3O6/c1-4-7-9-11-13-15-17-19-21-29-35-54-44(50)41-39(37-48-31-25-23-26-32-48)47-40(38-49-33-27-24-28-34-49)42(43(41)46(52)53-6-3)45(51)55-36-30-22-20-18-16-14-12-10-8-5-2/h23-28,31,33,41,43H,4-22,29-30,32,34-38H2,1-3H3. The van der Waals surface area contributed by atoms with E-state index < -0.39 is 29.7 Å². The molecule has 3 rings (SSSR count). The van der Waals surface area contributed by atoms with Crippen LogP contribution in [0, 0.1) is 11.8 Å². The van der Waals surface area contributed by atoms with Gasteiger partial charge in [-0.3, -0.25) is 14.6 Å². The van der Waals surface area contributed by atoms with Gasteiger partial charge in [-0.2, -0.15) is 0 Å². The zero-order valence-corrected chi connectivity index (χ0v) is 34.7. The van der Waals surface area contributed by atoms with Crippen LogP contribution in [0.3, 0.4) is 0 Å². The zero-order valence-electron chi connectivity index (χ0n) is 34.7. The van der Waals surface area contributed by atoms with Gasteiger partial charge >= 0.3 is 17.9 Å². The third kappa shape index (κ3) is 17.8. The number of allylic oxidation sites excluding steroid dienone is 4. The summed E-state index contributed by atoms with van der Waals surface area (Å²) in [7, 11) is 0. The average molecular weight is 764 g/mol. The molecule has 55 heavy (non-hydrogen) atoms. The van der Waals surface area contributed by atoms with Crippen LogP contribution in [0.2, 0.25) is 0 Å². The van der Waals surface area contributed by atoms with Gasteiger partial charge in [-0.15, -0.1) is 0 Å². The van der Waals surface area contributed by atoms with E-state index in [1.165, 1.54) is 89.9 Å². The fraction of sp³-hybridized carbons (Fsp3) is 0.696. The Bertz CT molecular complexity index is 1310. The van der Waals surface area contributed by atoms with E-state index in [1.807, 2.05) is 58.7 Å². The molecule has 0 saturated carbocycles. The van der Waals surface area contributed by atoms with Gasteiger partial charge in [0.05, 0.1) is 49.9 Å². The number of hydrogen-bond acceptors (Lipinski definition) is 9. The third-order valence-corrected chi connectivity index (χ3v) is 10.6. The summed E-state index contributed by atoms with van der Waals surface area (Å²) in [6, 6.07) is 0. The molecule has 0 aromatic heterocycles. The Hall–Kier alpha value is -3.62. The molecule has 0 saturated heterocycles. The van der Waals surface area contributed by atoms with Crippen LogP contribution >= 0.6 is 0 Å². The van der Waals surface area contributed by atoms with Crippen LogP contribution in [-0.2, 0) is 28.6 Å². The normalized spacial score (nSPS) is 17.8. The highest BCUT2D eigenvalue weighted by Crippen LogP contribution is 2.35. The van der Waals surface area contributed by atoms with Crippen molar-refractivity contribution in [2.45, 2.75) is 149 Å². The molecule has 3 aliphatic heterocycles. The topological polar surface area (TPSA) is 97.7 Å². The quantitative estimate of drug-likeness (QED) is 0.0405. The minimum Gasteiger partial charge on any atom is -0.465 e. The van der Waals surface area contributed by atoms with Crippen molar-refractivity contribution in [1.29, 1.82) is 0 Å². The molecule has 0 spiro atoms. The van der Waals surface area contributed by atoms with Crippen molar-refractivity contribution in [3.8, 4) is 0 Å². The number of esters is 3. The minimum atomic E-state index is -1.23. The molecule has 0 radical (unpaired) electrons. The number of ether oxygens (including phenoxy) is 3. The van der Waals surface area contributed by atoms with Crippen molar-refractivity contribution < 1.29 is 28.6 Å². The Labute approximate surface area is 333 Å². The minimum absolute atomic E-state index is 0.104. The molecular weight excluding hydrogens is 691 g/mol. The van der Waals surface area contributed by atoms with Crippen molar-refractivity contribution in [1.82, 2.24) is 9.80 Å². The number of aliphatic imine (C=N–C) groups is 1. The highest BCUT2D eigenvalue weighted by atomic mass is 16.5. The van der Waals surface area contributed by atoms with Crippen LogP contribution < -0.4 is 0 Å². The number of hydrogen-bond donors (Lipinski definition) is 0. The first-order valence-electron chi connectivity index (χ1n) is 22.0. The molecule has 9 heteroatoms. The Kier molecular flexibility index (Phi) is 23.9. The Balaban J connectivity index is 1.76. The maximum absolute atomic E-state index is 14.2. The van der Waals surface area contributed by atoms with E-state index in [2.05, 4.69) is 13.8 Å². The van der Waals surface area contributed by atoms with Gasteiger partial charge in [0, 0.05) is 13.1 Å². The van der Waals surface area contributed by atoms with Crippen LogP contribution in [0.4, 0.5) is 0 Å². The molecule has 0 bridgehead atoms. The molecule has 308 valence electrons. The second-order valence-electron chi connectivity index (χ2n) is 15.2. The van der Waals surface area contributed by atoms with Crippen LogP contribution in [0.15, 0.2) is 65.1 Å². The van der Waals surface area contributed by atoms with E-state index in [9.17, 15) is 14.4 Å². The first kappa shape index (κ1) is 45.8. The number of rotatable bonds is 30. The Morgan fingerprint density at radius 1 is 0.564 bits per heavy atom. The van der Waals surface area contributed by atoms with Gasteiger partial charge in [0.15, 0.2) is 0 Å². The first-order valence-corrected chi connectivity index (χ1v) is 22.0. The molecule has 0 amide bonds. The van der Waals surface area contributed by atoms with Gasteiger partial charge in [0.25, 0.3) is 0 Å². The van der Waals surface area contributed by atoms with Crippen LogP contribution in [0.1, 0.15) is 149 Å². The summed E-state index contributed by atoms with van der Waals surface area (Å²) < 4.78 is 17.5. The van der Waals surface area contributed by atoms with Gasteiger partial charge in [-0.05, 0) is 44.3 Å². The SMILES string of the molecule is CCCCCCCCCCCCOC(=O)C1=C(CN2C=CC=CC2)N=C(CN2C=CC=CC2)C(C(=O)OCCCCCCCCCCCC)C1C(=O)OCC. The van der Waals surface area contributed by atoms with Crippen LogP contribution in [0.5, 0.6) is 0 Å². The predicted molar refractivity (Wildman–Crippen MR) is 223 cm³/mol. The molecule has 3 heterocycles. The molecule has 0 N–H and O–H groups in total. The summed E-state index contributed by atoms with van der Waals surface area (Å²) in [5.74, 6) is -4.14. The van der Waals surface area contributed by atoms with Crippen LogP contribution in [0.25, 0.3) is 0 Å².